The molecule has 1 N–H and O–H groups in total. The van der Waals surface area contributed by atoms with Crippen LogP contribution in [-0.4, -0.2) is 10.9 Å². The highest BCUT2D eigenvalue weighted by Crippen LogP contribution is 2.28. The predicted octanol–water partition coefficient (Wildman–Crippen LogP) is 5.03. The Bertz CT molecular complexity index is 988. The fourth-order valence-corrected chi connectivity index (χ4v) is 3.47. The highest BCUT2D eigenvalue weighted by Gasteiger charge is 2.13. The van der Waals surface area contributed by atoms with E-state index < -0.39 is 0 Å². The van der Waals surface area contributed by atoms with Crippen LogP contribution < -0.4 is 5.32 Å². The van der Waals surface area contributed by atoms with Gasteiger partial charge in [0.25, 0.3) is 5.91 Å². The number of rotatable bonds is 2. The quantitative estimate of drug-likeness (QED) is 0.665. The predicted molar refractivity (Wildman–Crippen MR) is 105 cm³/mol. The Morgan fingerprint density at radius 1 is 1.00 bits per heavy atom. The van der Waals surface area contributed by atoms with Crippen molar-refractivity contribution in [1.82, 2.24) is 4.98 Å². The summed E-state index contributed by atoms with van der Waals surface area (Å²) in [7, 11) is 0. The maximum atomic E-state index is 12.6. The molecule has 1 saturated carbocycles. The van der Waals surface area contributed by atoms with E-state index in [9.17, 15) is 4.79 Å². The van der Waals surface area contributed by atoms with Crippen LogP contribution in [0.3, 0.4) is 0 Å². The molecule has 3 heteroatoms. The summed E-state index contributed by atoms with van der Waals surface area (Å²) in [6, 6.07) is 15.1. The van der Waals surface area contributed by atoms with Gasteiger partial charge in [0, 0.05) is 34.6 Å². The Hall–Kier alpha value is -3.12. The van der Waals surface area contributed by atoms with E-state index in [1.54, 1.807) is 6.20 Å². The van der Waals surface area contributed by atoms with Crippen molar-refractivity contribution < 1.29 is 4.79 Å². The van der Waals surface area contributed by atoms with Crippen LogP contribution in [0, 0.1) is 17.8 Å². The average molecular weight is 340 g/mol. The third-order valence-electron chi connectivity index (χ3n) is 4.83. The topological polar surface area (TPSA) is 42.0 Å². The molecule has 0 spiro atoms. The molecule has 0 unspecified atom stereocenters. The van der Waals surface area contributed by atoms with E-state index >= 15 is 0 Å². The van der Waals surface area contributed by atoms with E-state index in [-0.39, 0.29) is 5.91 Å². The van der Waals surface area contributed by atoms with Crippen LogP contribution >= 0.6 is 0 Å². The second-order valence-corrected chi connectivity index (χ2v) is 6.66. The second-order valence-electron chi connectivity index (χ2n) is 6.66. The third kappa shape index (κ3) is 3.45. The van der Waals surface area contributed by atoms with Gasteiger partial charge in [-0.25, -0.2) is 0 Å². The Morgan fingerprint density at radius 2 is 1.81 bits per heavy atom. The zero-order chi connectivity index (χ0) is 17.8. The molecule has 1 fully saturated rings. The zero-order valence-electron chi connectivity index (χ0n) is 14.5. The fourth-order valence-electron chi connectivity index (χ4n) is 3.47. The molecular formula is C23H20N2O. The van der Waals surface area contributed by atoms with Crippen molar-refractivity contribution in [1.29, 1.82) is 0 Å². The largest absolute Gasteiger partial charge is 0.321 e. The smallest absolute Gasteiger partial charge is 0.255 e. The summed E-state index contributed by atoms with van der Waals surface area (Å²) in [5.41, 5.74) is 2.28. The Kier molecular flexibility index (Phi) is 4.66. The molecule has 3 nitrogen and oxygen atoms in total. The SMILES string of the molecule is O=C(Nc1cccc2cncc(C#CC3CCCC3)c12)c1ccccc1. The maximum Gasteiger partial charge on any atom is 0.255 e. The minimum atomic E-state index is -0.121. The lowest BCUT2D eigenvalue weighted by atomic mass is 10.0. The lowest BCUT2D eigenvalue weighted by Crippen LogP contribution is -2.12. The van der Waals surface area contributed by atoms with Gasteiger partial charge in [0.1, 0.15) is 0 Å². The fraction of sp³-hybridized carbons (Fsp3) is 0.217. The van der Waals surface area contributed by atoms with Crippen molar-refractivity contribution >= 4 is 22.4 Å². The lowest BCUT2D eigenvalue weighted by Gasteiger charge is -2.10. The molecule has 26 heavy (non-hydrogen) atoms. The van der Waals surface area contributed by atoms with Gasteiger partial charge in [0.05, 0.1) is 11.3 Å². The first-order valence-electron chi connectivity index (χ1n) is 9.06. The normalized spacial score (nSPS) is 14.0. The van der Waals surface area contributed by atoms with E-state index in [4.69, 9.17) is 0 Å². The van der Waals surface area contributed by atoms with Crippen molar-refractivity contribution in [3.63, 3.8) is 0 Å². The van der Waals surface area contributed by atoms with Gasteiger partial charge in [-0.3, -0.25) is 9.78 Å². The Labute approximate surface area is 153 Å². The van der Waals surface area contributed by atoms with E-state index in [2.05, 4.69) is 22.1 Å². The second kappa shape index (κ2) is 7.41. The minimum Gasteiger partial charge on any atom is -0.321 e. The molecule has 1 heterocycles. The van der Waals surface area contributed by atoms with Gasteiger partial charge in [-0.05, 0) is 31.0 Å². The summed E-state index contributed by atoms with van der Waals surface area (Å²) in [6.45, 7) is 0. The number of benzene rings is 2. The number of amides is 1. The van der Waals surface area contributed by atoms with E-state index in [0.717, 1.165) is 22.0 Å². The zero-order valence-corrected chi connectivity index (χ0v) is 14.5. The summed E-state index contributed by atoms with van der Waals surface area (Å²) in [6.07, 6.45) is 8.51. The molecule has 1 aliphatic carbocycles. The summed E-state index contributed by atoms with van der Waals surface area (Å²) in [4.78, 5) is 16.9. The van der Waals surface area contributed by atoms with Gasteiger partial charge in [-0.1, -0.05) is 55.0 Å². The van der Waals surface area contributed by atoms with Gasteiger partial charge in [-0.2, -0.15) is 0 Å². The molecule has 0 radical (unpaired) electrons. The molecule has 0 aliphatic heterocycles. The number of pyridine rings is 1. The highest BCUT2D eigenvalue weighted by molar-refractivity contribution is 6.10. The first-order valence-corrected chi connectivity index (χ1v) is 9.06. The van der Waals surface area contributed by atoms with Crippen molar-refractivity contribution in [3.8, 4) is 11.8 Å². The Morgan fingerprint density at radius 3 is 2.62 bits per heavy atom. The number of nitrogens with one attached hydrogen (secondary N) is 1. The standard InChI is InChI=1S/C23H20N2O/c26-23(18-9-2-1-3-10-18)25-21-12-6-11-19-15-24-16-20(22(19)21)14-13-17-7-4-5-8-17/h1-3,6,9-12,15-17H,4-5,7-8H2,(H,25,26). The molecule has 0 saturated heterocycles. The number of carbonyl (C=O) groups is 1. The van der Waals surface area contributed by atoms with Crippen LogP contribution in [0.15, 0.2) is 60.9 Å². The van der Waals surface area contributed by atoms with E-state index in [1.807, 2.05) is 54.7 Å². The number of nitrogens with zero attached hydrogens (tertiary/aromatic N) is 1. The number of anilines is 1. The molecular weight excluding hydrogens is 320 g/mol. The number of fused-ring (bicyclic) bond motifs is 1. The van der Waals surface area contributed by atoms with Crippen LogP contribution in [0.1, 0.15) is 41.6 Å². The van der Waals surface area contributed by atoms with Crippen molar-refractivity contribution in [2.24, 2.45) is 5.92 Å². The van der Waals surface area contributed by atoms with E-state index in [1.165, 1.54) is 25.7 Å². The number of hydrogen-bond acceptors (Lipinski definition) is 2. The minimum absolute atomic E-state index is 0.121. The first-order chi connectivity index (χ1) is 12.8. The van der Waals surface area contributed by atoms with E-state index in [0.29, 0.717) is 11.5 Å². The third-order valence-corrected chi connectivity index (χ3v) is 4.83. The van der Waals surface area contributed by atoms with Crippen LogP contribution in [0.25, 0.3) is 10.8 Å². The summed E-state index contributed by atoms with van der Waals surface area (Å²) < 4.78 is 0. The average Bonchev–Trinajstić information content (AvgIpc) is 3.21. The molecule has 4 rings (SSSR count). The van der Waals surface area contributed by atoms with Crippen LogP contribution in [0.4, 0.5) is 5.69 Å². The van der Waals surface area contributed by atoms with Crippen LogP contribution in [0.2, 0.25) is 0 Å². The van der Waals surface area contributed by atoms with Crippen molar-refractivity contribution in [2.75, 3.05) is 5.32 Å². The summed E-state index contributed by atoms with van der Waals surface area (Å²) >= 11 is 0. The monoisotopic (exact) mass is 340 g/mol. The molecule has 0 bridgehead atoms. The van der Waals surface area contributed by atoms with Crippen molar-refractivity contribution in [3.05, 3.63) is 72.1 Å². The van der Waals surface area contributed by atoms with Crippen LogP contribution in [0.5, 0.6) is 0 Å². The Balaban J connectivity index is 1.71. The van der Waals surface area contributed by atoms with Gasteiger partial charge < -0.3 is 5.32 Å². The molecule has 1 aliphatic rings. The molecule has 2 aromatic carbocycles. The number of hydrogen-bond donors (Lipinski definition) is 1. The highest BCUT2D eigenvalue weighted by atomic mass is 16.1. The van der Waals surface area contributed by atoms with Gasteiger partial charge in [0.15, 0.2) is 0 Å². The van der Waals surface area contributed by atoms with Gasteiger partial charge in [-0.15, -0.1) is 0 Å². The molecule has 3 aromatic rings. The lowest BCUT2D eigenvalue weighted by molar-refractivity contribution is 0.102. The molecule has 1 amide bonds. The number of carbonyl (C=O) groups excluding carboxylic acids is 1. The first kappa shape index (κ1) is 16.4. The molecule has 1 aromatic heterocycles. The molecule has 128 valence electrons. The van der Waals surface area contributed by atoms with Gasteiger partial charge >= 0.3 is 0 Å². The van der Waals surface area contributed by atoms with Crippen molar-refractivity contribution in [2.45, 2.75) is 25.7 Å². The number of aromatic nitrogens is 1. The molecule has 0 atom stereocenters. The van der Waals surface area contributed by atoms with Crippen LogP contribution in [-0.2, 0) is 0 Å². The van der Waals surface area contributed by atoms with Gasteiger partial charge in [0.2, 0.25) is 0 Å². The maximum absolute atomic E-state index is 12.6. The summed E-state index contributed by atoms with van der Waals surface area (Å²) in [5.74, 6) is 7.08. The summed E-state index contributed by atoms with van der Waals surface area (Å²) in [5, 5.41) is 4.97.